The fraction of sp³-hybridized carbons (Fsp3) is 0.0952. The number of nitrogens with zero attached hydrogens (tertiary/aromatic N) is 2. The molecule has 4 rings (SSSR count). The summed E-state index contributed by atoms with van der Waals surface area (Å²) in [6.07, 6.45) is -2.71. The summed E-state index contributed by atoms with van der Waals surface area (Å²) in [6.45, 7) is 0. The molecule has 2 aromatic carbocycles. The van der Waals surface area contributed by atoms with E-state index in [1.54, 1.807) is 30.3 Å². The van der Waals surface area contributed by atoms with Crippen LogP contribution in [-0.2, 0) is 16.0 Å². The SMILES string of the molecule is CS(=O)(=O)c1ccccc1-c1ccc(-c2nc(C(F)(F)F)cn2-c2cc(Cl)ccc2Cl)s1. The molecule has 11 heteroatoms. The van der Waals surface area contributed by atoms with Crippen molar-refractivity contribution in [3.63, 3.8) is 0 Å². The van der Waals surface area contributed by atoms with Crippen LogP contribution in [0, 0.1) is 0 Å². The monoisotopic (exact) mass is 516 g/mol. The summed E-state index contributed by atoms with van der Waals surface area (Å²) in [6, 6.07) is 14.1. The van der Waals surface area contributed by atoms with Gasteiger partial charge in [0.05, 0.1) is 20.5 Å². The van der Waals surface area contributed by atoms with E-state index in [4.69, 9.17) is 23.2 Å². The van der Waals surface area contributed by atoms with Crippen LogP contribution >= 0.6 is 34.5 Å². The van der Waals surface area contributed by atoms with Crippen LogP contribution < -0.4 is 0 Å². The van der Waals surface area contributed by atoms with Crippen LogP contribution in [0.15, 0.2) is 65.7 Å². The van der Waals surface area contributed by atoms with Gasteiger partial charge in [-0.2, -0.15) is 13.2 Å². The molecule has 2 aromatic heterocycles. The molecule has 32 heavy (non-hydrogen) atoms. The number of hydrogen-bond acceptors (Lipinski definition) is 4. The van der Waals surface area contributed by atoms with Crippen LogP contribution in [0.2, 0.25) is 10.0 Å². The Balaban J connectivity index is 1.90. The first-order chi connectivity index (χ1) is 14.9. The lowest BCUT2D eigenvalue weighted by Gasteiger charge is -2.09. The zero-order valence-corrected chi connectivity index (χ0v) is 19.3. The van der Waals surface area contributed by atoms with Gasteiger partial charge in [-0.05, 0) is 36.4 Å². The highest BCUT2D eigenvalue weighted by atomic mass is 35.5. The van der Waals surface area contributed by atoms with Crippen molar-refractivity contribution in [2.45, 2.75) is 11.1 Å². The van der Waals surface area contributed by atoms with E-state index in [1.165, 1.54) is 28.8 Å². The summed E-state index contributed by atoms with van der Waals surface area (Å²) in [7, 11) is -3.51. The molecular formula is C21H13Cl2F3N2O2S2. The molecule has 4 aromatic rings. The van der Waals surface area contributed by atoms with E-state index in [0.717, 1.165) is 23.8 Å². The zero-order valence-electron chi connectivity index (χ0n) is 16.2. The van der Waals surface area contributed by atoms with Crippen molar-refractivity contribution in [2.24, 2.45) is 0 Å². The molecule has 0 aliphatic rings. The molecule has 0 spiro atoms. The van der Waals surface area contributed by atoms with Gasteiger partial charge in [0.25, 0.3) is 0 Å². The highest BCUT2D eigenvalue weighted by molar-refractivity contribution is 7.90. The lowest BCUT2D eigenvalue weighted by molar-refractivity contribution is -0.140. The average Bonchev–Trinajstić information content (AvgIpc) is 3.36. The molecule has 2 heterocycles. The molecule has 0 saturated carbocycles. The number of imidazole rings is 1. The first kappa shape index (κ1) is 22.8. The Morgan fingerprint density at radius 2 is 1.69 bits per heavy atom. The van der Waals surface area contributed by atoms with Crippen molar-refractivity contribution in [3.8, 4) is 26.8 Å². The van der Waals surface area contributed by atoms with Gasteiger partial charge in [-0.25, -0.2) is 13.4 Å². The second-order valence-electron chi connectivity index (χ2n) is 6.85. The van der Waals surface area contributed by atoms with Gasteiger partial charge < -0.3 is 0 Å². The first-order valence-corrected chi connectivity index (χ1v) is 12.4. The van der Waals surface area contributed by atoms with Crippen LogP contribution in [0.5, 0.6) is 0 Å². The van der Waals surface area contributed by atoms with Crippen LogP contribution in [0.3, 0.4) is 0 Å². The Bertz CT molecular complexity index is 1430. The Hall–Kier alpha value is -2.33. The fourth-order valence-electron chi connectivity index (χ4n) is 3.14. The zero-order chi connectivity index (χ0) is 23.3. The summed E-state index contributed by atoms with van der Waals surface area (Å²) < 4.78 is 65.9. The fourth-order valence-corrected chi connectivity index (χ4v) is 5.52. The number of rotatable bonds is 4. The number of sulfone groups is 1. The number of hydrogen-bond donors (Lipinski definition) is 0. The van der Waals surface area contributed by atoms with Gasteiger partial charge in [0.1, 0.15) is 0 Å². The summed E-state index contributed by atoms with van der Waals surface area (Å²) in [5, 5.41) is 0.493. The van der Waals surface area contributed by atoms with Crippen LogP contribution in [0.25, 0.3) is 26.8 Å². The molecule has 0 saturated heterocycles. The Morgan fingerprint density at radius 1 is 1.00 bits per heavy atom. The van der Waals surface area contributed by atoms with E-state index in [-0.39, 0.29) is 21.4 Å². The van der Waals surface area contributed by atoms with Crippen molar-refractivity contribution < 1.29 is 21.6 Å². The predicted molar refractivity (Wildman–Crippen MR) is 120 cm³/mol. The van der Waals surface area contributed by atoms with E-state index < -0.39 is 21.7 Å². The molecule has 0 atom stereocenters. The van der Waals surface area contributed by atoms with Gasteiger partial charge in [0, 0.05) is 27.9 Å². The highest BCUT2D eigenvalue weighted by Crippen LogP contribution is 2.40. The number of benzene rings is 2. The van der Waals surface area contributed by atoms with Crippen molar-refractivity contribution in [2.75, 3.05) is 6.26 Å². The van der Waals surface area contributed by atoms with Gasteiger partial charge in [-0.1, -0.05) is 41.4 Å². The normalized spacial score (nSPS) is 12.3. The quantitative estimate of drug-likeness (QED) is 0.293. The summed E-state index contributed by atoms with van der Waals surface area (Å²) in [4.78, 5) is 4.90. The summed E-state index contributed by atoms with van der Waals surface area (Å²) >= 11 is 13.4. The Morgan fingerprint density at radius 3 is 2.38 bits per heavy atom. The van der Waals surface area contributed by atoms with Gasteiger partial charge >= 0.3 is 6.18 Å². The maximum Gasteiger partial charge on any atom is 0.434 e. The molecule has 166 valence electrons. The third-order valence-corrected chi connectivity index (χ3v) is 7.37. The van der Waals surface area contributed by atoms with Crippen molar-refractivity contribution in [1.29, 1.82) is 0 Å². The minimum atomic E-state index is -4.67. The maximum absolute atomic E-state index is 13.4. The van der Waals surface area contributed by atoms with Gasteiger partial charge in [0.2, 0.25) is 0 Å². The molecule has 0 radical (unpaired) electrons. The van der Waals surface area contributed by atoms with Gasteiger partial charge in [-0.15, -0.1) is 11.3 Å². The molecule has 0 unspecified atom stereocenters. The number of alkyl halides is 3. The standard InChI is InChI=1S/C21H13Cl2F3N2O2S2/c1-32(29,30)18-5-3-2-4-13(18)16-8-9-17(31-16)20-27-19(21(24,25)26)11-28(20)15-10-12(22)6-7-14(15)23/h2-11H,1H3. The van der Waals surface area contributed by atoms with Crippen LogP contribution in [-0.4, -0.2) is 24.2 Å². The number of aromatic nitrogens is 2. The smallest absolute Gasteiger partial charge is 0.297 e. The second kappa shape index (κ2) is 8.22. The highest BCUT2D eigenvalue weighted by Gasteiger charge is 2.35. The van der Waals surface area contributed by atoms with Gasteiger partial charge in [0.15, 0.2) is 21.4 Å². The molecule has 0 fully saturated rings. The van der Waals surface area contributed by atoms with Gasteiger partial charge in [-0.3, -0.25) is 4.57 Å². The van der Waals surface area contributed by atoms with Crippen LogP contribution in [0.4, 0.5) is 13.2 Å². The van der Waals surface area contributed by atoms with E-state index in [2.05, 4.69) is 4.98 Å². The molecular weight excluding hydrogens is 504 g/mol. The van der Waals surface area contributed by atoms with Crippen molar-refractivity contribution in [1.82, 2.24) is 9.55 Å². The van der Waals surface area contributed by atoms with E-state index >= 15 is 0 Å². The number of thiophene rings is 1. The minimum Gasteiger partial charge on any atom is -0.297 e. The molecule has 4 nitrogen and oxygen atoms in total. The van der Waals surface area contributed by atoms with E-state index in [9.17, 15) is 21.6 Å². The third kappa shape index (κ3) is 4.43. The summed E-state index contributed by atoms with van der Waals surface area (Å²) in [5.74, 6) is 0.00887. The largest absolute Gasteiger partial charge is 0.434 e. The van der Waals surface area contributed by atoms with Crippen molar-refractivity contribution in [3.05, 3.63) is 76.5 Å². The lowest BCUT2D eigenvalue weighted by Crippen LogP contribution is -2.05. The minimum absolute atomic E-state index is 0.00887. The Labute approximate surface area is 195 Å². The maximum atomic E-state index is 13.4. The first-order valence-electron chi connectivity index (χ1n) is 8.97. The van der Waals surface area contributed by atoms with Crippen molar-refractivity contribution >= 4 is 44.4 Å². The number of halogens is 5. The predicted octanol–water partition coefficient (Wildman–Crippen LogP) is 7.00. The third-order valence-electron chi connectivity index (χ3n) is 4.54. The average molecular weight is 517 g/mol. The van der Waals surface area contributed by atoms with E-state index in [0.29, 0.717) is 20.3 Å². The Kier molecular flexibility index (Phi) is 5.87. The van der Waals surface area contributed by atoms with E-state index in [1.807, 2.05) is 0 Å². The molecule has 0 amide bonds. The second-order valence-corrected chi connectivity index (χ2v) is 10.8. The van der Waals surface area contributed by atoms with Crippen LogP contribution in [0.1, 0.15) is 5.69 Å². The lowest BCUT2D eigenvalue weighted by atomic mass is 10.2. The topological polar surface area (TPSA) is 52.0 Å². The molecule has 0 aliphatic heterocycles. The summed E-state index contributed by atoms with van der Waals surface area (Å²) in [5.41, 5.74) is -0.389. The molecule has 0 bridgehead atoms. The molecule has 0 aliphatic carbocycles. The molecule has 0 N–H and O–H groups in total.